The summed E-state index contributed by atoms with van der Waals surface area (Å²) in [7, 11) is 0. The van der Waals surface area contributed by atoms with E-state index in [0.717, 1.165) is 32.1 Å². The molecular formula is C17H24N2O. The minimum absolute atomic E-state index is 0.0142. The number of fused-ring (bicyclic) bond motifs is 1. The highest BCUT2D eigenvalue weighted by molar-refractivity contribution is 5.85. The maximum Gasteiger partial charge on any atom is 0.231 e. The van der Waals surface area contributed by atoms with Gasteiger partial charge in [0.1, 0.15) is 0 Å². The zero-order valence-corrected chi connectivity index (χ0v) is 12.3. The summed E-state index contributed by atoms with van der Waals surface area (Å²) in [6, 6.07) is 8.36. The van der Waals surface area contributed by atoms with Gasteiger partial charge in [-0.15, -0.1) is 0 Å². The Morgan fingerprint density at radius 3 is 3.10 bits per heavy atom. The maximum atomic E-state index is 12.8. The van der Waals surface area contributed by atoms with Crippen LogP contribution in [-0.4, -0.2) is 30.4 Å². The fourth-order valence-electron chi connectivity index (χ4n) is 3.61. The lowest BCUT2D eigenvalue weighted by Gasteiger charge is -2.29. The van der Waals surface area contributed by atoms with Gasteiger partial charge in [-0.2, -0.15) is 0 Å². The molecule has 0 bridgehead atoms. The highest BCUT2D eigenvalue weighted by Gasteiger charge is 2.33. The molecule has 1 amide bonds. The normalized spacial score (nSPS) is 25.6. The summed E-state index contributed by atoms with van der Waals surface area (Å²) in [6.07, 6.45) is 3.66. The van der Waals surface area contributed by atoms with Crippen molar-refractivity contribution >= 4 is 5.91 Å². The maximum absolute atomic E-state index is 12.8. The number of carbonyl (C=O) groups excluding carboxylic acids is 1. The molecule has 1 aromatic carbocycles. The minimum Gasteiger partial charge on any atom is -0.342 e. The first-order chi connectivity index (χ1) is 9.79. The number of carbonyl (C=O) groups is 1. The molecule has 20 heavy (non-hydrogen) atoms. The molecule has 1 aromatic rings. The van der Waals surface area contributed by atoms with Gasteiger partial charge in [-0.05, 0) is 29.9 Å². The smallest absolute Gasteiger partial charge is 0.231 e. The van der Waals surface area contributed by atoms with Crippen LogP contribution in [0.4, 0.5) is 0 Å². The number of nitrogens with zero attached hydrogens (tertiary/aromatic N) is 1. The van der Waals surface area contributed by atoms with E-state index < -0.39 is 0 Å². The van der Waals surface area contributed by atoms with Crippen molar-refractivity contribution < 1.29 is 4.79 Å². The largest absolute Gasteiger partial charge is 0.342 e. The Balaban J connectivity index is 1.73. The number of nitrogens with one attached hydrogen (secondary N) is 1. The third-order valence-corrected chi connectivity index (χ3v) is 4.69. The molecule has 3 nitrogen and oxygen atoms in total. The van der Waals surface area contributed by atoms with Gasteiger partial charge in [-0.1, -0.05) is 37.6 Å². The van der Waals surface area contributed by atoms with Crippen molar-refractivity contribution in [3.8, 4) is 0 Å². The fraction of sp³-hybridized carbons (Fsp3) is 0.588. The van der Waals surface area contributed by atoms with Crippen molar-refractivity contribution in [1.82, 2.24) is 10.2 Å². The first-order valence-corrected chi connectivity index (χ1v) is 7.87. The average molecular weight is 272 g/mol. The lowest BCUT2D eigenvalue weighted by molar-refractivity contribution is -0.132. The second kappa shape index (κ2) is 5.96. The number of amides is 1. The summed E-state index contributed by atoms with van der Waals surface area (Å²) in [5.41, 5.74) is 2.51. The second-order valence-electron chi connectivity index (χ2n) is 6.11. The van der Waals surface area contributed by atoms with E-state index in [4.69, 9.17) is 0 Å². The third kappa shape index (κ3) is 2.59. The summed E-state index contributed by atoms with van der Waals surface area (Å²) in [5, 5.41) is 3.38. The molecule has 2 heterocycles. The molecule has 1 saturated heterocycles. The van der Waals surface area contributed by atoms with E-state index in [1.165, 1.54) is 30.4 Å². The zero-order chi connectivity index (χ0) is 13.9. The Hall–Kier alpha value is -1.35. The van der Waals surface area contributed by atoms with Gasteiger partial charge in [0.2, 0.25) is 5.91 Å². The molecule has 2 unspecified atom stereocenters. The average Bonchev–Trinajstić information content (AvgIpc) is 2.95. The first kappa shape index (κ1) is 13.6. The van der Waals surface area contributed by atoms with Crippen LogP contribution in [0.25, 0.3) is 0 Å². The van der Waals surface area contributed by atoms with Gasteiger partial charge in [0.05, 0.1) is 5.92 Å². The fourth-order valence-corrected chi connectivity index (χ4v) is 3.61. The lowest BCUT2D eigenvalue weighted by Crippen LogP contribution is -2.40. The summed E-state index contributed by atoms with van der Waals surface area (Å²) in [4.78, 5) is 14.9. The highest BCUT2D eigenvalue weighted by Crippen LogP contribution is 2.29. The van der Waals surface area contributed by atoms with Crippen LogP contribution in [0.2, 0.25) is 0 Å². The van der Waals surface area contributed by atoms with Gasteiger partial charge in [-0.3, -0.25) is 4.79 Å². The van der Waals surface area contributed by atoms with Crippen molar-refractivity contribution in [2.24, 2.45) is 5.92 Å². The molecular weight excluding hydrogens is 248 g/mol. The number of rotatable bonds is 3. The van der Waals surface area contributed by atoms with Crippen molar-refractivity contribution in [3.63, 3.8) is 0 Å². The molecule has 108 valence electrons. The van der Waals surface area contributed by atoms with Crippen LogP contribution in [0.5, 0.6) is 0 Å². The van der Waals surface area contributed by atoms with Gasteiger partial charge in [-0.25, -0.2) is 0 Å². The molecule has 0 aromatic heterocycles. The SMILES string of the molecule is CCCC1CCN(C(=O)C2CNCc3ccccc32)C1. The van der Waals surface area contributed by atoms with E-state index in [1.807, 2.05) is 6.07 Å². The topological polar surface area (TPSA) is 32.3 Å². The lowest BCUT2D eigenvalue weighted by atomic mass is 9.90. The van der Waals surface area contributed by atoms with E-state index in [2.05, 4.69) is 35.3 Å². The third-order valence-electron chi connectivity index (χ3n) is 4.69. The van der Waals surface area contributed by atoms with E-state index in [0.29, 0.717) is 5.91 Å². The second-order valence-corrected chi connectivity index (χ2v) is 6.11. The predicted octanol–water partition coefficient (Wildman–Crippen LogP) is 2.52. The van der Waals surface area contributed by atoms with Crippen LogP contribution in [0, 0.1) is 5.92 Å². The standard InChI is InChI=1S/C17H24N2O/c1-2-5-13-8-9-19(12-13)17(20)16-11-18-10-14-6-3-4-7-15(14)16/h3-4,6-7,13,16,18H,2,5,8-12H2,1H3. The molecule has 2 aliphatic heterocycles. The predicted molar refractivity (Wildman–Crippen MR) is 80.5 cm³/mol. The zero-order valence-electron chi connectivity index (χ0n) is 12.3. The Morgan fingerprint density at radius 1 is 1.40 bits per heavy atom. The van der Waals surface area contributed by atoms with Crippen molar-refractivity contribution in [2.75, 3.05) is 19.6 Å². The monoisotopic (exact) mass is 272 g/mol. The Morgan fingerprint density at radius 2 is 2.25 bits per heavy atom. The molecule has 0 radical (unpaired) electrons. The molecule has 0 saturated carbocycles. The van der Waals surface area contributed by atoms with Crippen LogP contribution >= 0.6 is 0 Å². The number of hydrogen-bond acceptors (Lipinski definition) is 2. The molecule has 0 spiro atoms. The Kier molecular flexibility index (Phi) is 4.06. The van der Waals surface area contributed by atoms with Crippen LogP contribution in [0.1, 0.15) is 43.2 Å². The molecule has 0 aliphatic carbocycles. The highest BCUT2D eigenvalue weighted by atomic mass is 16.2. The number of likely N-dealkylation sites (tertiary alicyclic amines) is 1. The Labute approximate surface area is 121 Å². The van der Waals surface area contributed by atoms with Crippen molar-refractivity contribution in [2.45, 2.75) is 38.6 Å². The molecule has 1 fully saturated rings. The van der Waals surface area contributed by atoms with E-state index in [-0.39, 0.29) is 5.92 Å². The summed E-state index contributed by atoms with van der Waals surface area (Å²) in [6.45, 7) is 5.81. The van der Waals surface area contributed by atoms with E-state index in [1.54, 1.807) is 0 Å². The van der Waals surface area contributed by atoms with Crippen LogP contribution in [0.15, 0.2) is 24.3 Å². The van der Waals surface area contributed by atoms with Crippen LogP contribution in [0.3, 0.4) is 0 Å². The summed E-state index contributed by atoms with van der Waals surface area (Å²) < 4.78 is 0. The molecule has 2 aliphatic rings. The van der Waals surface area contributed by atoms with Gasteiger partial charge in [0.15, 0.2) is 0 Å². The van der Waals surface area contributed by atoms with E-state index in [9.17, 15) is 4.79 Å². The number of benzene rings is 1. The van der Waals surface area contributed by atoms with Gasteiger partial charge in [0.25, 0.3) is 0 Å². The van der Waals surface area contributed by atoms with Gasteiger partial charge < -0.3 is 10.2 Å². The van der Waals surface area contributed by atoms with Crippen molar-refractivity contribution in [1.29, 1.82) is 0 Å². The first-order valence-electron chi connectivity index (χ1n) is 7.87. The number of hydrogen-bond donors (Lipinski definition) is 1. The van der Waals surface area contributed by atoms with Crippen molar-refractivity contribution in [3.05, 3.63) is 35.4 Å². The summed E-state index contributed by atoms with van der Waals surface area (Å²) in [5.74, 6) is 1.05. The van der Waals surface area contributed by atoms with Crippen LogP contribution < -0.4 is 5.32 Å². The molecule has 3 rings (SSSR count). The van der Waals surface area contributed by atoms with E-state index >= 15 is 0 Å². The van der Waals surface area contributed by atoms with Gasteiger partial charge >= 0.3 is 0 Å². The molecule has 3 heteroatoms. The quantitative estimate of drug-likeness (QED) is 0.917. The van der Waals surface area contributed by atoms with Crippen LogP contribution in [-0.2, 0) is 11.3 Å². The summed E-state index contributed by atoms with van der Waals surface area (Å²) >= 11 is 0. The minimum atomic E-state index is 0.0142. The van der Waals surface area contributed by atoms with Gasteiger partial charge in [0, 0.05) is 26.2 Å². The Bertz CT molecular complexity index is 486. The molecule has 2 atom stereocenters. The molecule has 1 N–H and O–H groups in total.